The first-order valence-electron chi connectivity index (χ1n) is 8.44. The lowest BCUT2D eigenvalue weighted by Gasteiger charge is -2.30. The van der Waals surface area contributed by atoms with Gasteiger partial charge in [0, 0.05) is 18.8 Å². The summed E-state index contributed by atoms with van der Waals surface area (Å²) < 4.78 is 11.3. The number of carbonyl (C=O) groups excluding carboxylic acids is 2. The molecule has 0 bridgehead atoms. The number of fused-ring (bicyclic) bond motifs is 1. The van der Waals surface area contributed by atoms with Gasteiger partial charge in [0.2, 0.25) is 0 Å². The Bertz CT molecular complexity index is 843. The molecule has 0 saturated carbocycles. The van der Waals surface area contributed by atoms with Gasteiger partial charge in [-0.3, -0.25) is 9.59 Å². The molecule has 0 aliphatic carbocycles. The molecule has 0 spiro atoms. The van der Waals surface area contributed by atoms with Crippen molar-refractivity contribution in [1.29, 1.82) is 0 Å². The van der Waals surface area contributed by atoms with E-state index < -0.39 is 6.10 Å². The molecule has 1 aliphatic rings. The molecular formula is C20H22N2O4. The van der Waals surface area contributed by atoms with Crippen LogP contribution in [-0.4, -0.2) is 31.6 Å². The van der Waals surface area contributed by atoms with Gasteiger partial charge >= 0.3 is 0 Å². The Balaban J connectivity index is 1.67. The number of hydrogen-bond donors (Lipinski definition) is 1. The first-order chi connectivity index (χ1) is 12.4. The van der Waals surface area contributed by atoms with Crippen molar-refractivity contribution in [2.45, 2.75) is 26.9 Å². The Morgan fingerprint density at radius 1 is 1.23 bits per heavy atom. The lowest BCUT2D eigenvalue weighted by atomic mass is 10.1. The summed E-state index contributed by atoms with van der Waals surface area (Å²) in [6.07, 6.45) is -0.550. The van der Waals surface area contributed by atoms with Crippen LogP contribution in [-0.2, 0) is 9.59 Å². The van der Waals surface area contributed by atoms with Crippen molar-refractivity contribution >= 4 is 23.2 Å². The maximum absolute atomic E-state index is 12.2. The number of ether oxygens (including phenoxy) is 2. The standard InChI is InChI=1S/C20H22N2O4/c1-12-6-5-7-13(2)19(12)25-11-18(23)21-15-8-9-16-17(10-15)26-14(3)20(24)22(16)4/h5-10,14H,11H2,1-4H3,(H,21,23). The largest absolute Gasteiger partial charge is 0.483 e. The van der Waals surface area contributed by atoms with Crippen LogP contribution in [0.3, 0.4) is 0 Å². The molecule has 0 saturated heterocycles. The van der Waals surface area contributed by atoms with Gasteiger partial charge in [-0.25, -0.2) is 0 Å². The van der Waals surface area contributed by atoms with Crippen LogP contribution in [0.15, 0.2) is 36.4 Å². The highest BCUT2D eigenvalue weighted by Crippen LogP contribution is 2.35. The summed E-state index contributed by atoms with van der Waals surface area (Å²) in [4.78, 5) is 25.7. The molecule has 1 atom stereocenters. The normalized spacial score (nSPS) is 15.9. The van der Waals surface area contributed by atoms with Crippen LogP contribution in [0.2, 0.25) is 0 Å². The molecule has 6 heteroatoms. The first kappa shape index (κ1) is 17.8. The molecule has 6 nitrogen and oxygen atoms in total. The summed E-state index contributed by atoms with van der Waals surface area (Å²) in [5, 5.41) is 2.79. The van der Waals surface area contributed by atoms with E-state index in [0.29, 0.717) is 17.1 Å². The van der Waals surface area contributed by atoms with Gasteiger partial charge in [0.25, 0.3) is 11.8 Å². The van der Waals surface area contributed by atoms with Crippen molar-refractivity contribution in [3.05, 3.63) is 47.5 Å². The summed E-state index contributed by atoms with van der Waals surface area (Å²) in [6, 6.07) is 11.0. The molecule has 2 aromatic carbocycles. The number of carbonyl (C=O) groups is 2. The molecule has 1 aliphatic heterocycles. The third kappa shape index (κ3) is 3.49. The fourth-order valence-corrected chi connectivity index (χ4v) is 2.96. The van der Waals surface area contributed by atoms with E-state index in [2.05, 4.69) is 5.32 Å². The average molecular weight is 354 g/mol. The van der Waals surface area contributed by atoms with Gasteiger partial charge in [-0.2, -0.15) is 0 Å². The quantitative estimate of drug-likeness (QED) is 0.916. The van der Waals surface area contributed by atoms with E-state index in [4.69, 9.17) is 9.47 Å². The Labute approximate surface area is 152 Å². The number of rotatable bonds is 4. The second-order valence-corrected chi connectivity index (χ2v) is 6.40. The minimum atomic E-state index is -0.550. The lowest BCUT2D eigenvalue weighted by molar-refractivity contribution is -0.125. The van der Waals surface area contributed by atoms with Crippen LogP contribution >= 0.6 is 0 Å². The fraction of sp³-hybridized carbons (Fsp3) is 0.300. The number of amides is 2. The number of anilines is 2. The Morgan fingerprint density at radius 3 is 2.62 bits per heavy atom. The molecular weight excluding hydrogens is 332 g/mol. The number of likely N-dealkylation sites (N-methyl/N-ethyl adjacent to an activating group) is 1. The molecule has 136 valence electrons. The lowest BCUT2D eigenvalue weighted by Crippen LogP contribution is -2.41. The summed E-state index contributed by atoms with van der Waals surface area (Å²) >= 11 is 0. The molecule has 2 amide bonds. The van der Waals surface area contributed by atoms with Gasteiger partial charge in [0.05, 0.1) is 5.69 Å². The van der Waals surface area contributed by atoms with E-state index in [0.717, 1.165) is 16.9 Å². The number of para-hydroxylation sites is 1. The predicted octanol–water partition coefficient (Wildman–Crippen LogP) is 3.06. The first-order valence-corrected chi connectivity index (χ1v) is 8.44. The minimum Gasteiger partial charge on any atom is -0.483 e. The number of hydrogen-bond acceptors (Lipinski definition) is 4. The van der Waals surface area contributed by atoms with E-state index in [1.165, 1.54) is 0 Å². The maximum Gasteiger partial charge on any atom is 0.267 e. The van der Waals surface area contributed by atoms with E-state index in [1.54, 1.807) is 37.1 Å². The molecule has 1 N–H and O–H groups in total. The third-order valence-electron chi connectivity index (χ3n) is 4.34. The van der Waals surface area contributed by atoms with Crippen molar-refractivity contribution < 1.29 is 19.1 Å². The number of nitrogens with zero attached hydrogens (tertiary/aromatic N) is 1. The van der Waals surface area contributed by atoms with Crippen LogP contribution < -0.4 is 19.7 Å². The summed E-state index contributed by atoms with van der Waals surface area (Å²) in [5.41, 5.74) is 3.25. The monoisotopic (exact) mass is 354 g/mol. The number of nitrogens with one attached hydrogen (secondary N) is 1. The van der Waals surface area contributed by atoms with Crippen LogP contribution in [0, 0.1) is 13.8 Å². The highest BCUT2D eigenvalue weighted by molar-refractivity contribution is 6.00. The van der Waals surface area contributed by atoms with Gasteiger partial charge < -0.3 is 19.7 Å². The van der Waals surface area contributed by atoms with Gasteiger partial charge in [-0.1, -0.05) is 18.2 Å². The molecule has 3 rings (SSSR count). The molecule has 1 heterocycles. The van der Waals surface area contributed by atoms with Crippen molar-refractivity contribution in [1.82, 2.24) is 0 Å². The average Bonchev–Trinajstić information content (AvgIpc) is 2.59. The zero-order chi connectivity index (χ0) is 18.8. The van der Waals surface area contributed by atoms with Gasteiger partial charge in [-0.15, -0.1) is 0 Å². The molecule has 0 fully saturated rings. The number of benzene rings is 2. The topological polar surface area (TPSA) is 67.9 Å². The Morgan fingerprint density at radius 2 is 1.92 bits per heavy atom. The van der Waals surface area contributed by atoms with Crippen LogP contribution in [0.25, 0.3) is 0 Å². The van der Waals surface area contributed by atoms with Crippen molar-refractivity contribution in [3.63, 3.8) is 0 Å². The zero-order valence-electron chi connectivity index (χ0n) is 15.3. The maximum atomic E-state index is 12.2. The molecule has 26 heavy (non-hydrogen) atoms. The third-order valence-corrected chi connectivity index (χ3v) is 4.34. The van der Waals surface area contributed by atoms with E-state index in [1.807, 2.05) is 32.0 Å². The SMILES string of the molecule is Cc1cccc(C)c1OCC(=O)Nc1ccc2c(c1)OC(C)C(=O)N2C. The van der Waals surface area contributed by atoms with E-state index in [-0.39, 0.29) is 18.4 Å². The molecule has 1 unspecified atom stereocenters. The second kappa shape index (κ2) is 7.07. The summed E-state index contributed by atoms with van der Waals surface area (Å²) in [7, 11) is 1.71. The van der Waals surface area contributed by atoms with Crippen LogP contribution in [0.4, 0.5) is 11.4 Å². The van der Waals surface area contributed by atoms with Crippen molar-refractivity contribution in [2.24, 2.45) is 0 Å². The van der Waals surface area contributed by atoms with Crippen molar-refractivity contribution in [3.8, 4) is 11.5 Å². The highest BCUT2D eigenvalue weighted by atomic mass is 16.5. The smallest absolute Gasteiger partial charge is 0.267 e. The van der Waals surface area contributed by atoms with E-state index in [9.17, 15) is 9.59 Å². The molecule has 0 radical (unpaired) electrons. The Kier molecular flexibility index (Phi) is 4.84. The fourth-order valence-electron chi connectivity index (χ4n) is 2.96. The summed E-state index contributed by atoms with van der Waals surface area (Å²) in [6.45, 7) is 5.50. The van der Waals surface area contributed by atoms with Crippen LogP contribution in [0.1, 0.15) is 18.1 Å². The van der Waals surface area contributed by atoms with E-state index >= 15 is 0 Å². The zero-order valence-corrected chi connectivity index (χ0v) is 15.3. The highest BCUT2D eigenvalue weighted by Gasteiger charge is 2.28. The molecule has 0 aromatic heterocycles. The minimum absolute atomic E-state index is 0.0849. The number of aryl methyl sites for hydroxylation is 2. The summed E-state index contributed by atoms with van der Waals surface area (Å²) in [5.74, 6) is 0.927. The van der Waals surface area contributed by atoms with Gasteiger partial charge in [0.15, 0.2) is 12.7 Å². The molecule has 2 aromatic rings. The van der Waals surface area contributed by atoms with Gasteiger partial charge in [0.1, 0.15) is 11.5 Å². The van der Waals surface area contributed by atoms with Crippen molar-refractivity contribution in [2.75, 3.05) is 23.9 Å². The van der Waals surface area contributed by atoms with Gasteiger partial charge in [-0.05, 0) is 44.0 Å². The van der Waals surface area contributed by atoms with Crippen LogP contribution in [0.5, 0.6) is 11.5 Å². The predicted molar refractivity (Wildman–Crippen MR) is 100.0 cm³/mol. The second-order valence-electron chi connectivity index (χ2n) is 6.40. The Hall–Kier alpha value is -3.02.